The van der Waals surface area contributed by atoms with Crippen LogP contribution in [0.5, 0.6) is 0 Å². The van der Waals surface area contributed by atoms with Crippen molar-refractivity contribution in [2.24, 2.45) is 0 Å². The van der Waals surface area contributed by atoms with E-state index >= 15 is 0 Å². The number of carbonyl (C=O) groups is 2. The van der Waals surface area contributed by atoms with E-state index in [1.807, 2.05) is 6.07 Å². The van der Waals surface area contributed by atoms with E-state index in [0.29, 0.717) is 22.2 Å². The van der Waals surface area contributed by atoms with Crippen molar-refractivity contribution < 1.29 is 19.1 Å². The molecule has 0 radical (unpaired) electrons. The minimum Gasteiger partial charge on any atom is -0.507 e. The Morgan fingerprint density at radius 2 is 1.72 bits per heavy atom. The molecule has 1 aliphatic rings. The van der Waals surface area contributed by atoms with Gasteiger partial charge in [-0.25, -0.2) is 0 Å². The van der Waals surface area contributed by atoms with Crippen LogP contribution < -0.4 is 4.90 Å². The first-order chi connectivity index (χ1) is 13.9. The summed E-state index contributed by atoms with van der Waals surface area (Å²) >= 11 is 12.0. The van der Waals surface area contributed by atoms with Crippen molar-refractivity contribution >= 4 is 46.3 Å². The average molecular weight is 428 g/mol. The monoisotopic (exact) mass is 427 g/mol. The molecule has 1 saturated heterocycles. The number of Topliss-reactive ketones (excluding diaryl/α,β-unsaturated/α-hetero) is 1. The number of para-hydroxylation sites is 1. The van der Waals surface area contributed by atoms with Gasteiger partial charge >= 0.3 is 0 Å². The van der Waals surface area contributed by atoms with Crippen molar-refractivity contribution in [2.45, 2.75) is 13.0 Å². The smallest absolute Gasteiger partial charge is 0.300 e. The number of amides is 1. The zero-order valence-electron chi connectivity index (χ0n) is 15.2. The summed E-state index contributed by atoms with van der Waals surface area (Å²) in [4.78, 5) is 27.2. The second-order valence-corrected chi connectivity index (χ2v) is 7.40. The number of hydrogen-bond acceptors (Lipinski definition) is 4. The van der Waals surface area contributed by atoms with Crippen molar-refractivity contribution in [3.63, 3.8) is 0 Å². The number of anilines is 1. The Kier molecular flexibility index (Phi) is 4.94. The number of benzene rings is 2. The first-order valence-corrected chi connectivity index (χ1v) is 9.52. The van der Waals surface area contributed by atoms with Crippen LogP contribution in [0.2, 0.25) is 10.0 Å². The van der Waals surface area contributed by atoms with E-state index in [1.165, 1.54) is 23.1 Å². The largest absolute Gasteiger partial charge is 0.507 e. The maximum atomic E-state index is 12.9. The predicted octanol–water partition coefficient (Wildman–Crippen LogP) is 5.52. The molecule has 0 saturated carbocycles. The number of carbonyl (C=O) groups excluding carboxylic acids is 2. The van der Waals surface area contributed by atoms with Gasteiger partial charge in [0.25, 0.3) is 11.7 Å². The third-order valence-electron chi connectivity index (χ3n) is 4.70. The molecule has 2 aromatic carbocycles. The van der Waals surface area contributed by atoms with Crippen LogP contribution in [-0.4, -0.2) is 16.8 Å². The van der Waals surface area contributed by atoms with E-state index < -0.39 is 17.7 Å². The SMILES string of the molecule is Cc1ccc(C2/C(=C(/O)c3ccc(Cl)c(Cl)c3)C(=O)C(=O)N2c2ccccc2)o1. The van der Waals surface area contributed by atoms with E-state index in [2.05, 4.69) is 0 Å². The van der Waals surface area contributed by atoms with Crippen molar-refractivity contribution in [3.8, 4) is 0 Å². The summed E-state index contributed by atoms with van der Waals surface area (Å²) in [5.41, 5.74) is 0.715. The zero-order valence-corrected chi connectivity index (χ0v) is 16.7. The number of nitrogens with zero attached hydrogens (tertiary/aromatic N) is 1. The zero-order chi connectivity index (χ0) is 20.7. The maximum Gasteiger partial charge on any atom is 0.300 e. The minimum atomic E-state index is -0.916. The Balaban J connectivity index is 1.94. The van der Waals surface area contributed by atoms with E-state index in [-0.39, 0.29) is 21.9 Å². The Labute approximate surface area is 176 Å². The van der Waals surface area contributed by atoms with Gasteiger partial charge in [-0.3, -0.25) is 14.5 Å². The van der Waals surface area contributed by atoms with Gasteiger partial charge < -0.3 is 9.52 Å². The molecule has 1 amide bonds. The lowest BCUT2D eigenvalue weighted by atomic mass is 9.99. The van der Waals surface area contributed by atoms with Crippen molar-refractivity contribution in [1.82, 2.24) is 0 Å². The molecule has 1 unspecified atom stereocenters. The minimum absolute atomic E-state index is 0.0772. The van der Waals surface area contributed by atoms with Gasteiger partial charge in [-0.1, -0.05) is 41.4 Å². The van der Waals surface area contributed by atoms with Gasteiger partial charge in [0.05, 0.1) is 15.6 Å². The number of aryl methyl sites for hydroxylation is 1. The molecule has 0 spiro atoms. The first-order valence-electron chi connectivity index (χ1n) is 8.76. The molecule has 1 aromatic heterocycles. The lowest BCUT2D eigenvalue weighted by molar-refractivity contribution is -0.132. The van der Waals surface area contributed by atoms with E-state index in [9.17, 15) is 14.7 Å². The fourth-order valence-corrected chi connectivity index (χ4v) is 3.65. The molecule has 1 fully saturated rings. The highest BCUT2D eigenvalue weighted by Crippen LogP contribution is 2.42. The Hall–Kier alpha value is -3.02. The highest BCUT2D eigenvalue weighted by atomic mass is 35.5. The third kappa shape index (κ3) is 3.33. The molecule has 0 bridgehead atoms. The molecule has 29 heavy (non-hydrogen) atoms. The van der Waals surface area contributed by atoms with Crippen molar-refractivity contribution in [3.05, 3.63) is 93.4 Å². The van der Waals surface area contributed by atoms with E-state index in [4.69, 9.17) is 27.6 Å². The van der Waals surface area contributed by atoms with Crippen LogP contribution in [-0.2, 0) is 9.59 Å². The molecule has 2 heterocycles. The Bertz CT molecular complexity index is 1150. The average Bonchev–Trinajstić information content (AvgIpc) is 3.25. The molecule has 5 nitrogen and oxygen atoms in total. The van der Waals surface area contributed by atoms with E-state index in [0.717, 1.165) is 0 Å². The van der Waals surface area contributed by atoms with Crippen LogP contribution in [0.3, 0.4) is 0 Å². The highest BCUT2D eigenvalue weighted by molar-refractivity contribution is 6.51. The van der Waals surface area contributed by atoms with Crippen LogP contribution in [0.25, 0.3) is 5.76 Å². The van der Waals surface area contributed by atoms with Crippen LogP contribution >= 0.6 is 23.2 Å². The van der Waals surface area contributed by atoms with Gasteiger partial charge in [0.15, 0.2) is 0 Å². The summed E-state index contributed by atoms with van der Waals surface area (Å²) in [6, 6.07) is 15.8. The number of ketones is 1. The topological polar surface area (TPSA) is 70.8 Å². The number of hydrogen-bond donors (Lipinski definition) is 1. The molecular formula is C22H15Cl2NO4. The summed E-state index contributed by atoms with van der Waals surface area (Å²) in [6.45, 7) is 1.76. The van der Waals surface area contributed by atoms with E-state index in [1.54, 1.807) is 43.3 Å². The number of aliphatic hydroxyl groups is 1. The Morgan fingerprint density at radius 1 is 1.00 bits per heavy atom. The van der Waals surface area contributed by atoms with Crippen LogP contribution in [0.1, 0.15) is 23.1 Å². The van der Waals surface area contributed by atoms with Crippen LogP contribution in [0, 0.1) is 6.92 Å². The fourth-order valence-electron chi connectivity index (χ4n) is 3.36. The fraction of sp³-hybridized carbons (Fsp3) is 0.0909. The standard InChI is InChI=1S/C22H15Cl2NO4/c1-12-7-10-17(29-12)19-18(20(26)13-8-9-15(23)16(24)11-13)21(27)22(28)25(19)14-5-3-2-4-6-14/h2-11,19,26H,1H3/b20-18-. The lowest BCUT2D eigenvalue weighted by Crippen LogP contribution is -2.29. The van der Waals surface area contributed by atoms with Gasteiger partial charge in [-0.2, -0.15) is 0 Å². The van der Waals surface area contributed by atoms with Gasteiger partial charge in [-0.05, 0) is 49.4 Å². The molecule has 4 rings (SSSR count). The van der Waals surface area contributed by atoms with Crippen molar-refractivity contribution in [2.75, 3.05) is 4.90 Å². The number of aliphatic hydroxyl groups excluding tert-OH is 1. The van der Waals surface area contributed by atoms with Gasteiger partial charge in [-0.15, -0.1) is 0 Å². The molecule has 0 aliphatic carbocycles. The summed E-state index contributed by atoms with van der Waals surface area (Å²) in [6.07, 6.45) is 0. The lowest BCUT2D eigenvalue weighted by Gasteiger charge is -2.23. The first kappa shape index (κ1) is 19.3. The molecule has 1 N–H and O–H groups in total. The number of furan rings is 1. The van der Waals surface area contributed by atoms with Crippen LogP contribution in [0.15, 0.2) is 70.7 Å². The van der Waals surface area contributed by atoms with Crippen LogP contribution in [0.4, 0.5) is 5.69 Å². The second kappa shape index (κ2) is 7.43. The summed E-state index contributed by atoms with van der Waals surface area (Å²) in [5, 5.41) is 11.5. The number of halogens is 2. The molecule has 1 atom stereocenters. The Morgan fingerprint density at radius 3 is 2.34 bits per heavy atom. The molecule has 7 heteroatoms. The summed E-state index contributed by atoms with van der Waals surface area (Å²) in [7, 11) is 0. The molecule has 3 aromatic rings. The maximum absolute atomic E-state index is 12.9. The molecular weight excluding hydrogens is 413 g/mol. The quantitative estimate of drug-likeness (QED) is 0.339. The number of rotatable bonds is 3. The normalized spacial score (nSPS) is 18.4. The third-order valence-corrected chi connectivity index (χ3v) is 5.44. The van der Waals surface area contributed by atoms with Gasteiger partial charge in [0.2, 0.25) is 0 Å². The molecule has 146 valence electrons. The van der Waals surface area contributed by atoms with Gasteiger partial charge in [0, 0.05) is 11.3 Å². The summed E-state index contributed by atoms with van der Waals surface area (Å²) < 4.78 is 5.74. The second-order valence-electron chi connectivity index (χ2n) is 6.58. The van der Waals surface area contributed by atoms with Gasteiger partial charge in [0.1, 0.15) is 23.3 Å². The molecule has 1 aliphatic heterocycles. The predicted molar refractivity (Wildman–Crippen MR) is 111 cm³/mol. The van der Waals surface area contributed by atoms with Crippen molar-refractivity contribution in [1.29, 1.82) is 0 Å². The summed E-state index contributed by atoms with van der Waals surface area (Å²) in [5.74, 6) is -0.923. The highest BCUT2D eigenvalue weighted by Gasteiger charge is 2.48.